The molecule has 126 valence electrons. The van der Waals surface area contributed by atoms with Gasteiger partial charge >= 0.3 is 5.97 Å². The topological polar surface area (TPSA) is 35.5 Å². The monoisotopic (exact) mass is 396 g/mol. The summed E-state index contributed by atoms with van der Waals surface area (Å²) in [4.78, 5) is 11.2. The van der Waals surface area contributed by atoms with Crippen molar-refractivity contribution in [3.8, 4) is 11.8 Å². The van der Waals surface area contributed by atoms with E-state index in [2.05, 4.69) is 66.4 Å². The highest BCUT2D eigenvalue weighted by atomic mass is 79.9. The van der Waals surface area contributed by atoms with E-state index < -0.39 is 14.3 Å². The van der Waals surface area contributed by atoms with Crippen LogP contribution in [0.3, 0.4) is 0 Å². The van der Waals surface area contributed by atoms with Gasteiger partial charge in [0, 0.05) is 22.6 Å². The summed E-state index contributed by atoms with van der Waals surface area (Å²) in [6, 6.07) is 5.84. The van der Waals surface area contributed by atoms with Crippen LogP contribution in [0.25, 0.3) is 0 Å². The molecule has 0 aliphatic rings. The lowest BCUT2D eigenvalue weighted by atomic mass is 10.1. The Hall–Kier alpha value is -1.09. The van der Waals surface area contributed by atoms with Crippen LogP contribution >= 0.6 is 15.9 Å². The minimum absolute atomic E-state index is 0.192. The van der Waals surface area contributed by atoms with Crippen molar-refractivity contribution in [1.82, 2.24) is 0 Å². The van der Waals surface area contributed by atoms with E-state index in [-0.39, 0.29) is 5.04 Å². The number of carbonyl (C=O) groups is 1. The van der Waals surface area contributed by atoms with Gasteiger partial charge in [-0.25, -0.2) is 4.79 Å². The van der Waals surface area contributed by atoms with Crippen molar-refractivity contribution in [2.45, 2.75) is 45.3 Å². The highest BCUT2D eigenvalue weighted by Crippen LogP contribution is 2.36. The second-order valence-corrected chi connectivity index (χ2v) is 12.6. The Morgan fingerprint density at radius 2 is 1.96 bits per heavy atom. The normalized spacial score (nSPS) is 11.6. The molecule has 0 aliphatic carbocycles. The molecule has 23 heavy (non-hydrogen) atoms. The molecule has 0 saturated carbocycles. The molecule has 0 radical (unpaired) electrons. The van der Waals surface area contributed by atoms with E-state index in [4.69, 9.17) is 4.43 Å². The maximum Gasteiger partial charge on any atom is 0.384 e. The Balaban J connectivity index is 2.85. The second kappa shape index (κ2) is 8.14. The van der Waals surface area contributed by atoms with Crippen molar-refractivity contribution < 1.29 is 14.0 Å². The van der Waals surface area contributed by atoms with E-state index in [0.717, 1.165) is 22.0 Å². The first-order valence-electron chi connectivity index (χ1n) is 7.59. The van der Waals surface area contributed by atoms with Crippen LogP contribution in [0.15, 0.2) is 22.7 Å². The number of methoxy groups -OCH3 is 1. The minimum atomic E-state index is -1.75. The molecule has 1 aromatic rings. The fourth-order valence-electron chi connectivity index (χ4n) is 1.69. The predicted octanol–water partition coefficient (Wildman–Crippen LogP) is 4.54. The maximum atomic E-state index is 11.2. The molecule has 0 aromatic heterocycles. The van der Waals surface area contributed by atoms with Gasteiger partial charge in [0.05, 0.1) is 7.11 Å². The summed E-state index contributed by atoms with van der Waals surface area (Å²) < 4.78 is 11.8. The van der Waals surface area contributed by atoms with E-state index in [1.165, 1.54) is 7.11 Å². The number of carbonyl (C=O) groups excluding carboxylic acids is 1. The molecule has 0 unspecified atom stereocenters. The number of esters is 1. The molecule has 0 heterocycles. The fraction of sp³-hybridized carbons (Fsp3) is 0.500. The predicted molar refractivity (Wildman–Crippen MR) is 99.9 cm³/mol. The van der Waals surface area contributed by atoms with E-state index in [0.29, 0.717) is 6.61 Å². The first-order chi connectivity index (χ1) is 10.6. The van der Waals surface area contributed by atoms with Gasteiger partial charge in [-0.05, 0) is 48.3 Å². The average Bonchev–Trinajstić information content (AvgIpc) is 2.44. The van der Waals surface area contributed by atoms with E-state index in [1.807, 2.05) is 18.2 Å². The van der Waals surface area contributed by atoms with Crippen LogP contribution < -0.4 is 0 Å². The molecule has 0 amide bonds. The largest absolute Gasteiger partial charge is 0.459 e. The van der Waals surface area contributed by atoms with Crippen molar-refractivity contribution in [2.75, 3.05) is 13.7 Å². The van der Waals surface area contributed by atoms with Crippen LogP contribution in [0.1, 0.15) is 31.9 Å². The number of benzene rings is 1. The summed E-state index contributed by atoms with van der Waals surface area (Å²) in [7, 11) is -0.428. The van der Waals surface area contributed by atoms with Gasteiger partial charge in [-0.2, -0.15) is 0 Å². The lowest BCUT2D eigenvalue weighted by molar-refractivity contribution is -0.133. The molecule has 1 aromatic carbocycles. The van der Waals surface area contributed by atoms with Gasteiger partial charge in [-0.1, -0.05) is 42.6 Å². The number of hydrogen-bond acceptors (Lipinski definition) is 3. The Morgan fingerprint density at radius 1 is 1.30 bits per heavy atom. The van der Waals surface area contributed by atoms with Crippen LogP contribution in [0.4, 0.5) is 0 Å². The van der Waals surface area contributed by atoms with Crippen molar-refractivity contribution >= 4 is 30.2 Å². The lowest BCUT2D eigenvalue weighted by Crippen LogP contribution is -2.41. The molecule has 1 rings (SSSR count). The number of hydrogen-bond donors (Lipinski definition) is 0. The first kappa shape index (κ1) is 20.0. The second-order valence-electron chi connectivity index (χ2n) is 6.90. The zero-order valence-corrected chi connectivity index (χ0v) is 17.3. The van der Waals surface area contributed by atoms with Gasteiger partial charge in [0.2, 0.25) is 0 Å². The Labute approximate surface area is 149 Å². The van der Waals surface area contributed by atoms with Gasteiger partial charge in [-0.15, -0.1) is 0 Å². The minimum Gasteiger partial charge on any atom is -0.459 e. The molecule has 0 saturated heterocycles. The first-order valence-corrected chi connectivity index (χ1v) is 11.3. The molecule has 0 N–H and O–H groups in total. The van der Waals surface area contributed by atoms with Crippen LogP contribution in [0.2, 0.25) is 18.1 Å². The fourth-order valence-corrected chi connectivity index (χ4v) is 3.15. The highest BCUT2D eigenvalue weighted by molar-refractivity contribution is 9.10. The van der Waals surface area contributed by atoms with E-state index in [1.54, 1.807) is 0 Å². The third-order valence-corrected chi connectivity index (χ3v) is 9.22. The summed E-state index contributed by atoms with van der Waals surface area (Å²) in [5.41, 5.74) is 1.90. The van der Waals surface area contributed by atoms with Crippen LogP contribution in [-0.4, -0.2) is 28.0 Å². The molecule has 5 heteroatoms. The van der Waals surface area contributed by atoms with Crippen LogP contribution in [-0.2, 0) is 20.4 Å². The smallest absolute Gasteiger partial charge is 0.384 e. The van der Waals surface area contributed by atoms with Gasteiger partial charge in [-0.3, -0.25) is 0 Å². The van der Waals surface area contributed by atoms with Crippen molar-refractivity contribution in [3.05, 3.63) is 33.8 Å². The molecule has 0 aliphatic heterocycles. The quantitative estimate of drug-likeness (QED) is 0.425. The van der Waals surface area contributed by atoms with Crippen LogP contribution in [0, 0.1) is 11.8 Å². The summed E-state index contributed by atoms with van der Waals surface area (Å²) >= 11 is 3.48. The zero-order chi connectivity index (χ0) is 17.7. The summed E-state index contributed by atoms with van der Waals surface area (Å²) in [6.45, 7) is 11.8. The van der Waals surface area contributed by atoms with Crippen LogP contribution in [0.5, 0.6) is 0 Å². The lowest BCUT2D eigenvalue weighted by Gasteiger charge is -2.36. The molecular weight excluding hydrogens is 372 g/mol. The highest BCUT2D eigenvalue weighted by Gasteiger charge is 2.36. The number of rotatable bonds is 4. The zero-order valence-electron chi connectivity index (χ0n) is 14.7. The molecule has 3 nitrogen and oxygen atoms in total. The van der Waals surface area contributed by atoms with Gasteiger partial charge in [0.15, 0.2) is 8.32 Å². The van der Waals surface area contributed by atoms with E-state index >= 15 is 0 Å². The Morgan fingerprint density at radius 3 is 2.52 bits per heavy atom. The van der Waals surface area contributed by atoms with Crippen molar-refractivity contribution in [3.63, 3.8) is 0 Å². The molecular formula is C18H25BrO3Si. The Bertz CT molecular complexity index is 621. The SMILES string of the molecule is COC(=O)C#Cc1ccc(Br)cc1CCO[Si](C)(C)C(C)(C)C. The molecule has 0 fully saturated rings. The van der Waals surface area contributed by atoms with Gasteiger partial charge in [0.1, 0.15) is 0 Å². The third kappa shape index (κ3) is 6.13. The molecule has 0 spiro atoms. The van der Waals surface area contributed by atoms with Gasteiger partial charge in [0.25, 0.3) is 0 Å². The maximum absolute atomic E-state index is 11.2. The summed E-state index contributed by atoms with van der Waals surface area (Å²) in [6.07, 6.45) is 0.761. The summed E-state index contributed by atoms with van der Waals surface area (Å²) in [5, 5.41) is 0.192. The van der Waals surface area contributed by atoms with Crippen molar-refractivity contribution in [2.24, 2.45) is 0 Å². The average molecular weight is 397 g/mol. The standard InChI is InChI=1S/C18H25BrO3Si/c1-18(2,3)23(5,6)22-12-11-15-13-16(19)9-7-14(15)8-10-17(20)21-4/h7,9,13H,11-12H2,1-6H3. The number of ether oxygens (including phenoxy) is 1. The van der Waals surface area contributed by atoms with E-state index in [9.17, 15) is 4.79 Å². The number of halogens is 1. The van der Waals surface area contributed by atoms with Gasteiger partial charge < -0.3 is 9.16 Å². The summed E-state index contributed by atoms with van der Waals surface area (Å²) in [5.74, 6) is 4.83. The third-order valence-electron chi connectivity index (χ3n) is 4.19. The van der Waals surface area contributed by atoms with Crippen molar-refractivity contribution in [1.29, 1.82) is 0 Å². The Kier molecular flexibility index (Phi) is 7.06. The molecule has 0 bridgehead atoms. The molecule has 0 atom stereocenters.